The predicted molar refractivity (Wildman–Crippen MR) is 36.6 cm³/mol. The van der Waals surface area contributed by atoms with Gasteiger partial charge in [-0.15, -0.1) is 0 Å². The van der Waals surface area contributed by atoms with Crippen LogP contribution in [0.2, 0.25) is 0 Å². The molecule has 0 aromatic carbocycles. The molecular formula is C6H2BrFN2. The number of pyridine rings is 1. The van der Waals surface area contributed by atoms with Gasteiger partial charge in [-0.2, -0.15) is 5.26 Å². The standard InChI is InChI=1S/C6H2BrFN2/c7-6-2-4(8)1-5(3-9)10-6/h1-2H. The number of hydrogen-bond donors (Lipinski definition) is 0. The van der Waals surface area contributed by atoms with Crippen LogP contribution in [0.25, 0.3) is 0 Å². The Morgan fingerprint density at radius 1 is 1.60 bits per heavy atom. The van der Waals surface area contributed by atoms with Crippen molar-refractivity contribution >= 4 is 15.9 Å². The van der Waals surface area contributed by atoms with Crippen molar-refractivity contribution in [3.8, 4) is 6.07 Å². The van der Waals surface area contributed by atoms with E-state index in [1.807, 2.05) is 0 Å². The van der Waals surface area contributed by atoms with Crippen LogP contribution in [0.1, 0.15) is 5.69 Å². The number of nitrogens with zero attached hydrogens (tertiary/aromatic N) is 2. The van der Waals surface area contributed by atoms with Gasteiger partial charge in [0.1, 0.15) is 22.2 Å². The van der Waals surface area contributed by atoms with Crippen molar-refractivity contribution in [1.82, 2.24) is 4.98 Å². The van der Waals surface area contributed by atoms with E-state index in [-0.39, 0.29) is 5.69 Å². The van der Waals surface area contributed by atoms with Crippen LogP contribution < -0.4 is 0 Å². The third-order valence-electron chi connectivity index (χ3n) is 0.873. The van der Waals surface area contributed by atoms with Crippen LogP contribution >= 0.6 is 15.9 Å². The molecule has 0 aliphatic heterocycles. The van der Waals surface area contributed by atoms with Gasteiger partial charge in [-0.25, -0.2) is 9.37 Å². The fourth-order valence-electron chi connectivity index (χ4n) is 0.523. The Labute approximate surface area is 65.4 Å². The Balaban J connectivity index is 3.22. The Kier molecular flexibility index (Phi) is 1.97. The van der Waals surface area contributed by atoms with Crippen LogP contribution in [-0.2, 0) is 0 Å². The van der Waals surface area contributed by atoms with E-state index < -0.39 is 5.82 Å². The van der Waals surface area contributed by atoms with E-state index in [0.29, 0.717) is 4.60 Å². The Morgan fingerprint density at radius 2 is 2.30 bits per heavy atom. The molecule has 0 aliphatic carbocycles. The van der Waals surface area contributed by atoms with E-state index in [4.69, 9.17) is 5.26 Å². The lowest BCUT2D eigenvalue weighted by molar-refractivity contribution is 0.623. The summed E-state index contributed by atoms with van der Waals surface area (Å²) in [5, 5.41) is 8.29. The molecule has 0 spiro atoms. The molecule has 0 radical (unpaired) electrons. The third-order valence-corrected chi connectivity index (χ3v) is 1.28. The second kappa shape index (κ2) is 2.76. The molecule has 0 aliphatic rings. The largest absolute Gasteiger partial charge is 0.230 e. The lowest BCUT2D eigenvalue weighted by Crippen LogP contribution is -1.84. The van der Waals surface area contributed by atoms with E-state index in [1.165, 1.54) is 6.07 Å². The van der Waals surface area contributed by atoms with Gasteiger partial charge in [0.15, 0.2) is 0 Å². The molecule has 1 rings (SSSR count). The molecule has 0 saturated carbocycles. The summed E-state index contributed by atoms with van der Waals surface area (Å²) in [5.74, 6) is -0.460. The molecule has 0 bridgehead atoms. The average Bonchev–Trinajstić information content (AvgIpc) is 1.85. The van der Waals surface area contributed by atoms with Crippen molar-refractivity contribution in [2.24, 2.45) is 0 Å². The highest BCUT2D eigenvalue weighted by Crippen LogP contribution is 2.08. The zero-order valence-corrected chi connectivity index (χ0v) is 6.39. The van der Waals surface area contributed by atoms with Crippen molar-refractivity contribution in [3.63, 3.8) is 0 Å². The SMILES string of the molecule is N#Cc1cc(F)cc(Br)n1. The first-order chi connectivity index (χ1) is 4.72. The third kappa shape index (κ3) is 1.52. The summed E-state index contributed by atoms with van der Waals surface area (Å²) in [6, 6.07) is 4.00. The van der Waals surface area contributed by atoms with Gasteiger partial charge in [-0.1, -0.05) is 0 Å². The number of aromatic nitrogens is 1. The molecule has 1 aromatic heterocycles. The molecule has 0 saturated heterocycles. The summed E-state index contributed by atoms with van der Waals surface area (Å²) in [4.78, 5) is 3.67. The molecule has 1 heterocycles. The van der Waals surface area contributed by atoms with Crippen LogP contribution in [0.4, 0.5) is 4.39 Å². The van der Waals surface area contributed by atoms with E-state index in [1.54, 1.807) is 6.07 Å². The van der Waals surface area contributed by atoms with Crippen molar-refractivity contribution < 1.29 is 4.39 Å². The van der Waals surface area contributed by atoms with Gasteiger partial charge < -0.3 is 0 Å². The maximum absolute atomic E-state index is 12.4. The topological polar surface area (TPSA) is 36.7 Å². The molecular weight excluding hydrogens is 199 g/mol. The highest BCUT2D eigenvalue weighted by molar-refractivity contribution is 9.10. The zero-order chi connectivity index (χ0) is 7.56. The van der Waals surface area contributed by atoms with Crippen LogP contribution in [-0.4, -0.2) is 4.98 Å². The fraction of sp³-hybridized carbons (Fsp3) is 0. The van der Waals surface area contributed by atoms with Crippen molar-refractivity contribution in [3.05, 3.63) is 28.2 Å². The van der Waals surface area contributed by atoms with Crippen LogP contribution in [0.3, 0.4) is 0 Å². The van der Waals surface area contributed by atoms with Crippen LogP contribution in [0, 0.1) is 17.1 Å². The predicted octanol–water partition coefficient (Wildman–Crippen LogP) is 1.85. The van der Waals surface area contributed by atoms with Gasteiger partial charge in [0, 0.05) is 12.1 Å². The second-order valence-electron chi connectivity index (χ2n) is 1.61. The van der Waals surface area contributed by atoms with Gasteiger partial charge in [0.25, 0.3) is 0 Å². The van der Waals surface area contributed by atoms with Crippen molar-refractivity contribution in [1.29, 1.82) is 5.26 Å². The van der Waals surface area contributed by atoms with Crippen molar-refractivity contribution in [2.75, 3.05) is 0 Å². The lowest BCUT2D eigenvalue weighted by atomic mass is 10.4. The number of rotatable bonds is 0. The smallest absolute Gasteiger partial charge is 0.144 e. The first-order valence-corrected chi connectivity index (χ1v) is 3.25. The van der Waals surface area contributed by atoms with Crippen LogP contribution in [0.15, 0.2) is 16.7 Å². The first kappa shape index (κ1) is 7.16. The zero-order valence-electron chi connectivity index (χ0n) is 4.81. The maximum atomic E-state index is 12.4. The summed E-state index contributed by atoms with van der Waals surface area (Å²) >= 11 is 2.95. The molecule has 10 heavy (non-hydrogen) atoms. The Morgan fingerprint density at radius 3 is 2.80 bits per heavy atom. The number of hydrogen-bond acceptors (Lipinski definition) is 2. The normalized spacial score (nSPS) is 8.90. The summed E-state index contributed by atoms with van der Waals surface area (Å²) < 4.78 is 12.7. The van der Waals surface area contributed by atoms with Crippen molar-refractivity contribution in [2.45, 2.75) is 0 Å². The highest BCUT2D eigenvalue weighted by Gasteiger charge is 1.97. The quantitative estimate of drug-likeness (QED) is 0.600. The van der Waals surface area contributed by atoms with Gasteiger partial charge in [-0.05, 0) is 15.9 Å². The minimum Gasteiger partial charge on any atom is -0.230 e. The van der Waals surface area contributed by atoms with Gasteiger partial charge in [0.05, 0.1) is 0 Å². The summed E-state index contributed by atoms with van der Waals surface area (Å²) in [7, 11) is 0. The monoisotopic (exact) mass is 200 g/mol. The molecule has 2 nitrogen and oxygen atoms in total. The van der Waals surface area contributed by atoms with E-state index in [0.717, 1.165) is 6.07 Å². The molecule has 50 valence electrons. The molecule has 0 amide bonds. The second-order valence-corrected chi connectivity index (χ2v) is 2.42. The summed E-state index contributed by atoms with van der Waals surface area (Å²) in [5.41, 5.74) is 0.0758. The van der Waals surface area contributed by atoms with E-state index in [9.17, 15) is 4.39 Å². The highest BCUT2D eigenvalue weighted by atomic mass is 79.9. The minimum atomic E-state index is -0.460. The Hall–Kier alpha value is -0.950. The average molecular weight is 201 g/mol. The fourth-order valence-corrected chi connectivity index (χ4v) is 0.933. The molecule has 1 aromatic rings. The first-order valence-electron chi connectivity index (χ1n) is 2.45. The molecule has 4 heteroatoms. The minimum absolute atomic E-state index is 0.0758. The van der Waals surface area contributed by atoms with Crippen LogP contribution in [0.5, 0.6) is 0 Å². The Bertz CT molecular complexity index is 272. The molecule has 0 unspecified atom stereocenters. The summed E-state index contributed by atoms with van der Waals surface area (Å²) in [6.45, 7) is 0. The lowest BCUT2D eigenvalue weighted by Gasteiger charge is -1.90. The van der Waals surface area contributed by atoms with Gasteiger partial charge in [-0.3, -0.25) is 0 Å². The van der Waals surface area contributed by atoms with Gasteiger partial charge >= 0.3 is 0 Å². The summed E-state index contributed by atoms with van der Waals surface area (Å²) in [6.07, 6.45) is 0. The molecule has 0 N–H and O–H groups in total. The van der Waals surface area contributed by atoms with Gasteiger partial charge in [0.2, 0.25) is 0 Å². The molecule has 0 atom stereocenters. The van der Waals surface area contributed by atoms with E-state index >= 15 is 0 Å². The maximum Gasteiger partial charge on any atom is 0.144 e. The number of nitriles is 1. The van der Waals surface area contributed by atoms with E-state index in [2.05, 4.69) is 20.9 Å². The number of halogens is 2. The molecule has 0 fully saturated rings.